The minimum Gasteiger partial charge on any atom is -0.483 e. The van der Waals surface area contributed by atoms with E-state index in [0.29, 0.717) is 23.3 Å². The van der Waals surface area contributed by atoms with Gasteiger partial charge in [0.2, 0.25) is 5.91 Å². The molecular formula is C25H25FN4O6S. The normalized spacial score (nSPS) is 11.4. The standard InChI is InChI=1S/C25H25FN4O6S/c1-5-12-30-22(15(2)36-18-9-7-17(26)8-10-18)28-29-25(30)37-14-21(31)27-20-13-16(23(32)34-3)6-11-19(20)24(33)35-4/h5-11,13,15H,1,12,14H2,2-4H3,(H,27,31). The van der Waals surface area contributed by atoms with Gasteiger partial charge in [-0.15, -0.1) is 16.8 Å². The lowest BCUT2D eigenvalue weighted by molar-refractivity contribution is -0.113. The minimum absolute atomic E-state index is 0.0778. The topological polar surface area (TPSA) is 122 Å². The summed E-state index contributed by atoms with van der Waals surface area (Å²) in [6.07, 6.45) is 1.13. The number of anilines is 1. The van der Waals surface area contributed by atoms with Gasteiger partial charge in [-0.25, -0.2) is 14.0 Å². The molecule has 0 spiro atoms. The predicted molar refractivity (Wildman–Crippen MR) is 134 cm³/mol. The number of benzene rings is 2. The van der Waals surface area contributed by atoms with Gasteiger partial charge < -0.3 is 19.5 Å². The fraction of sp³-hybridized carbons (Fsp3) is 0.240. The van der Waals surface area contributed by atoms with Crippen LogP contribution in [0, 0.1) is 5.82 Å². The van der Waals surface area contributed by atoms with Crippen molar-refractivity contribution in [1.82, 2.24) is 14.8 Å². The predicted octanol–water partition coefficient (Wildman–Crippen LogP) is 4.05. The summed E-state index contributed by atoms with van der Waals surface area (Å²) in [5, 5.41) is 11.4. The van der Waals surface area contributed by atoms with Crippen molar-refractivity contribution in [3.63, 3.8) is 0 Å². The fourth-order valence-corrected chi connectivity index (χ4v) is 4.03. The number of hydrogen-bond acceptors (Lipinski definition) is 9. The third-order valence-corrected chi connectivity index (χ3v) is 5.97. The Morgan fingerprint density at radius 2 is 1.81 bits per heavy atom. The number of nitrogens with zero attached hydrogens (tertiary/aromatic N) is 3. The third kappa shape index (κ3) is 6.94. The summed E-state index contributed by atoms with van der Waals surface area (Å²) in [5.41, 5.74) is 0.343. The van der Waals surface area contributed by atoms with E-state index in [4.69, 9.17) is 14.2 Å². The molecule has 3 rings (SSSR count). The van der Waals surface area contributed by atoms with Crippen LogP contribution in [0.5, 0.6) is 5.75 Å². The number of methoxy groups -OCH3 is 2. The molecule has 3 aromatic rings. The summed E-state index contributed by atoms with van der Waals surface area (Å²) in [4.78, 5) is 36.8. The lowest BCUT2D eigenvalue weighted by Gasteiger charge is -2.15. The molecule has 0 aliphatic heterocycles. The highest BCUT2D eigenvalue weighted by atomic mass is 32.2. The largest absolute Gasteiger partial charge is 0.483 e. The number of esters is 2. The molecule has 12 heteroatoms. The molecule has 1 atom stereocenters. The van der Waals surface area contributed by atoms with Crippen LogP contribution >= 0.6 is 11.8 Å². The average Bonchev–Trinajstić information content (AvgIpc) is 3.30. The maximum atomic E-state index is 13.2. The Hall–Kier alpha value is -4.19. The monoisotopic (exact) mass is 528 g/mol. The fourth-order valence-electron chi connectivity index (χ4n) is 3.28. The van der Waals surface area contributed by atoms with Gasteiger partial charge in [0, 0.05) is 6.54 Å². The minimum atomic E-state index is -0.676. The van der Waals surface area contributed by atoms with Gasteiger partial charge >= 0.3 is 11.9 Å². The molecule has 37 heavy (non-hydrogen) atoms. The summed E-state index contributed by atoms with van der Waals surface area (Å²) < 4.78 is 30.2. The Morgan fingerprint density at radius 1 is 1.11 bits per heavy atom. The second kappa shape index (κ2) is 12.7. The number of allylic oxidation sites excluding steroid dienone is 1. The Bertz CT molecular complexity index is 1290. The maximum absolute atomic E-state index is 13.2. The number of hydrogen-bond donors (Lipinski definition) is 1. The highest BCUT2D eigenvalue weighted by Crippen LogP contribution is 2.26. The molecular weight excluding hydrogens is 503 g/mol. The quantitative estimate of drug-likeness (QED) is 0.223. The Labute approximate surface area is 216 Å². The van der Waals surface area contributed by atoms with Crippen LogP contribution in [-0.4, -0.2) is 52.6 Å². The van der Waals surface area contributed by atoms with Gasteiger partial charge in [-0.3, -0.25) is 9.36 Å². The van der Waals surface area contributed by atoms with Gasteiger partial charge in [-0.05, 0) is 49.4 Å². The van der Waals surface area contributed by atoms with Crippen molar-refractivity contribution >= 4 is 35.3 Å². The van der Waals surface area contributed by atoms with Gasteiger partial charge in [0.15, 0.2) is 17.1 Å². The molecule has 0 saturated carbocycles. The van der Waals surface area contributed by atoms with E-state index in [1.54, 1.807) is 17.6 Å². The number of carbonyl (C=O) groups excluding carboxylic acids is 3. The number of nitrogens with one attached hydrogen (secondary N) is 1. The first-order valence-electron chi connectivity index (χ1n) is 11.0. The third-order valence-electron chi connectivity index (χ3n) is 5.00. The van der Waals surface area contributed by atoms with Gasteiger partial charge in [0.05, 0.1) is 36.8 Å². The molecule has 194 valence electrons. The molecule has 1 aromatic heterocycles. The van der Waals surface area contributed by atoms with Crippen LogP contribution < -0.4 is 10.1 Å². The Balaban J connectivity index is 1.74. The molecule has 1 unspecified atom stereocenters. The molecule has 0 aliphatic rings. The molecule has 10 nitrogen and oxygen atoms in total. The molecule has 1 heterocycles. The van der Waals surface area contributed by atoms with E-state index in [9.17, 15) is 18.8 Å². The van der Waals surface area contributed by atoms with Crippen molar-refractivity contribution in [2.45, 2.75) is 24.7 Å². The van der Waals surface area contributed by atoms with Crippen LogP contribution in [0.15, 0.2) is 60.3 Å². The average molecular weight is 529 g/mol. The number of ether oxygens (including phenoxy) is 3. The zero-order chi connectivity index (χ0) is 26.9. The van der Waals surface area contributed by atoms with Crippen LogP contribution in [0.3, 0.4) is 0 Å². The molecule has 1 amide bonds. The number of halogens is 1. The van der Waals surface area contributed by atoms with Gasteiger partial charge in [0.25, 0.3) is 0 Å². The van der Waals surface area contributed by atoms with E-state index in [2.05, 4.69) is 22.1 Å². The lowest BCUT2D eigenvalue weighted by Crippen LogP contribution is -2.18. The molecule has 1 N–H and O–H groups in total. The van der Waals surface area contributed by atoms with Crippen LogP contribution in [0.25, 0.3) is 0 Å². The molecule has 0 aliphatic carbocycles. The first-order valence-corrected chi connectivity index (χ1v) is 12.0. The zero-order valence-electron chi connectivity index (χ0n) is 20.4. The van der Waals surface area contributed by atoms with E-state index in [1.165, 1.54) is 56.7 Å². The molecule has 0 radical (unpaired) electrons. The van der Waals surface area contributed by atoms with Crippen molar-refractivity contribution < 1.29 is 33.0 Å². The molecule has 0 bridgehead atoms. The Morgan fingerprint density at radius 3 is 2.46 bits per heavy atom. The maximum Gasteiger partial charge on any atom is 0.339 e. The molecule has 2 aromatic carbocycles. The second-order valence-corrected chi connectivity index (χ2v) is 8.48. The van der Waals surface area contributed by atoms with Gasteiger partial charge in [-0.2, -0.15) is 0 Å². The van der Waals surface area contributed by atoms with Crippen LogP contribution in [0.1, 0.15) is 39.6 Å². The number of thioether (sulfide) groups is 1. The number of aromatic nitrogens is 3. The first kappa shape index (κ1) is 27.4. The summed E-state index contributed by atoms with van der Waals surface area (Å²) in [7, 11) is 2.44. The summed E-state index contributed by atoms with van der Waals surface area (Å²) in [6, 6.07) is 9.72. The van der Waals surface area contributed by atoms with E-state index in [1.807, 2.05) is 0 Å². The highest BCUT2D eigenvalue weighted by molar-refractivity contribution is 7.99. The van der Waals surface area contributed by atoms with Crippen LogP contribution in [-0.2, 0) is 20.8 Å². The number of rotatable bonds is 11. The van der Waals surface area contributed by atoms with E-state index in [0.717, 1.165) is 11.8 Å². The van der Waals surface area contributed by atoms with Gasteiger partial charge in [0.1, 0.15) is 11.6 Å². The number of amides is 1. The summed E-state index contributed by atoms with van der Waals surface area (Å²) >= 11 is 1.11. The van der Waals surface area contributed by atoms with Crippen LogP contribution in [0.4, 0.5) is 10.1 Å². The van der Waals surface area contributed by atoms with Crippen molar-refractivity contribution in [3.05, 3.63) is 77.9 Å². The SMILES string of the molecule is C=CCn1c(SCC(=O)Nc2cc(C(=O)OC)ccc2C(=O)OC)nnc1C(C)Oc1ccc(F)cc1. The van der Waals surface area contributed by atoms with Crippen molar-refractivity contribution in [2.24, 2.45) is 0 Å². The van der Waals surface area contributed by atoms with Crippen LogP contribution in [0.2, 0.25) is 0 Å². The zero-order valence-corrected chi connectivity index (χ0v) is 21.2. The number of carbonyl (C=O) groups is 3. The summed E-state index contributed by atoms with van der Waals surface area (Å²) in [6.45, 7) is 5.89. The first-order chi connectivity index (χ1) is 17.8. The van der Waals surface area contributed by atoms with E-state index in [-0.39, 0.29) is 28.4 Å². The van der Waals surface area contributed by atoms with Crippen molar-refractivity contribution in [3.8, 4) is 5.75 Å². The molecule has 0 saturated heterocycles. The van der Waals surface area contributed by atoms with E-state index >= 15 is 0 Å². The van der Waals surface area contributed by atoms with Crippen molar-refractivity contribution in [2.75, 3.05) is 25.3 Å². The highest BCUT2D eigenvalue weighted by Gasteiger charge is 2.21. The summed E-state index contributed by atoms with van der Waals surface area (Å²) in [5.74, 6) is -1.25. The lowest BCUT2D eigenvalue weighted by atomic mass is 10.1. The molecule has 0 fully saturated rings. The smallest absolute Gasteiger partial charge is 0.339 e. The van der Waals surface area contributed by atoms with Gasteiger partial charge in [-0.1, -0.05) is 17.8 Å². The second-order valence-electron chi connectivity index (χ2n) is 7.53. The van der Waals surface area contributed by atoms with E-state index < -0.39 is 23.9 Å². The van der Waals surface area contributed by atoms with Crippen molar-refractivity contribution in [1.29, 1.82) is 0 Å². The Kier molecular flexibility index (Phi) is 9.39.